The van der Waals surface area contributed by atoms with Gasteiger partial charge in [0.25, 0.3) is 0 Å². The second-order valence-corrected chi connectivity index (χ2v) is 4.19. The smallest absolute Gasteiger partial charge is 0.161 e. The Morgan fingerprint density at radius 1 is 1.40 bits per heavy atom. The zero-order valence-corrected chi connectivity index (χ0v) is 9.03. The van der Waals surface area contributed by atoms with E-state index in [2.05, 4.69) is 0 Å². The molecular formula is C12H16O3. The average molecular weight is 208 g/mol. The second kappa shape index (κ2) is 3.42. The standard InChI is InChI=1S/C12H16O3/c1-8(13)12(6-7-12)9-4-3-5-10(15-2)11(9)14/h3-5,8,13-14H,6-7H2,1-2H3. The highest BCUT2D eigenvalue weighted by Crippen LogP contribution is 2.54. The molecule has 0 radical (unpaired) electrons. The molecule has 0 heterocycles. The molecule has 1 aliphatic rings. The molecule has 0 bridgehead atoms. The Morgan fingerprint density at radius 3 is 2.53 bits per heavy atom. The molecule has 1 aliphatic carbocycles. The number of rotatable bonds is 3. The lowest BCUT2D eigenvalue weighted by Crippen LogP contribution is -2.22. The third-order valence-corrected chi connectivity index (χ3v) is 3.34. The first-order chi connectivity index (χ1) is 7.12. The van der Waals surface area contributed by atoms with Gasteiger partial charge in [-0.3, -0.25) is 0 Å². The fourth-order valence-corrected chi connectivity index (χ4v) is 2.14. The molecule has 0 spiro atoms. The molecule has 0 aliphatic heterocycles. The summed E-state index contributed by atoms with van der Waals surface area (Å²) in [7, 11) is 1.53. The molecule has 0 amide bonds. The van der Waals surface area contributed by atoms with E-state index in [1.165, 1.54) is 7.11 Å². The van der Waals surface area contributed by atoms with Gasteiger partial charge in [0.05, 0.1) is 13.2 Å². The zero-order valence-electron chi connectivity index (χ0n) is 9.03. The van der Waals surface area contributed by atoms with Gasteiger partial charge in [-0.2, -0.15) is 0 Å². The quantitative estimate of drug-likeness (QED) is 0.796. The van der Waals surface area contributed by atoms with E-state index in [0.717, 1.165) is 18.4 Å². The number of hydrogen-bond acceptors (Lipinski definition) is 3. The number of aliphatic hydroxyl groups excluding tert-OH is 1. The maximum absolute atomic E-state index is 9.98. The van der Waals surface area contributed by atoms with Crippen molar-refractivity contribution in [3.8, 4) is 11.5 Å². The Bertz CT molecular complexity index is 367. The Morgan fingerprint density at radius 2 is 2.07 bits per heavy atom. The number of phenols is 1. The van der Waals surface area contributed by atoms with E-state index in [1.807, 2.05) is 12.1 Å². The van der Waals surface area contributed by atoms with Crippen LogP contribution in [0, 0.1) is 0 Å². The number of benzene rings is 1. The lowest BCUT2D eigenvalue weighted by atomic mass is 9.90. The normalized spacial score (nSPS) is 19.7. The minimum atomic E-state index is -0.435. The van der Waals surface area contributed by atoms with Crippen LogP contribution in [0.2, 0.25) is 0 Å². The van der Waals surface area contributed by atoms with Crippen LogP contribution in [0.15, 0.2) is 18.2 Å². The summed E-state index contributed by atoms with van der Waals surface area (Å²) in [6.45, 7) is 1.77. The van der Waals surface area contributed by atoms with Crippen molar-refractivity contribution in [3.05, 3.63) is 23.8 Å². The summed E-state index contributed by atoms with van der Waals surface area (Å²) in [6.07, 6.45) is 1.41. The Balaban J connectivity index is 2.45. The predicted molar refractivity (Wildman–Crippen MR) is 57.3 cm³/mol. The van der Waals surface area contributed by atoms with Gasteiger partial charge in [-0.1, -0.05) is 12.1 Å². The van der Waals surface area contributed by atoms with Crippen molar-refractivity contribution in [1.82, 2.24) is 0 Å². The van der Waals surface area contributed by atoms with Crippen molar-refractivity contribution >= 4 is 0 Å². The minimum Gasteiger partial charge on any atom is -0.504 e. The van der Waals surface area contributed by atoms with Crippen LogP contribution in [0.5, 0.6) is 11.5 Å². The van der Waals surface area contributed by atoms with Crippen LogP contribution in [-0.4, -0.2) is 23.4 Å². The topological polar surface area (TPSA) is 49.7 Å². The van der Waals surface area contributed by atoms with E-state index in [-0.39, 0.29) is 11.2 Å². The lowest BCUT2D eigenvalue weighted by molar-refractivity contribution is 0.149. The van der Waals surface area contributed by atoms with E-state index < -0.39 is 6.10 Å². The molecule has 1 aromatic carbocycles. The third kappa shape index (κ3) is 1.47. The van der Waals surface area contributed by atoms with Crippen LogP contribution >= 0.6 is 0 Å². The first-order valence-electron chi connectivity index (χ1n) is 5.16. The Kier molecular flexibility index (Phi) is 2.35. The molecule has 1 aromatic rings. The van der Waals surface area contributed by atoms with Gasteiger partial charge < -0.3 is 14.9 Å². The van der Waals surface area contributed by atoms with Gasteiger partial charge in [-0.05, 0) is 25.8 Å². The van der Waals surface area contributed by atoms with Crippen molar-refractivity contribution in [2.45, 2.75) is 31.3 Å². The number of ether oxygens (including phenoxy) is 1. The molecule has 82 valence electrons. The van der Waals surface area contributed by atoms with Crippen molar-refractivity contribution in [2.24, 2.45) is 0 Å². The first-order valence-corrected chi connectivity index (χ1v) is 5.16. The fraction of sp³-hybridized carbons (Fsp3) is 0.500. The van der Waals surface area contributed by atoms with E-state index in [0.29, 0.717) is 5.75 Å². The van der Waals surface area contributed by atoms with Crippen molar-refractivity contribution in [1.29, 1.82) is 0 Å². The predicted octanol–water partition coefficient (Wildman–Crippen LogP) is 1.81. The number of hydrogen-bond donors (Lipinski definition) is 2. The fourth-order valence-electron chi connectivity index (χ4n) is 2.14. The maximum Gasteiger partial charge on any atom is 0.161 e. The van der Waals surface area contributed by atoms with Gasteiger partial charge in [0, 0.05) is 11.0 Å². The summed E-state index contributed by atoms with van der Waals surface area (Å²) in [5, 5.41) is 19.7. The van der Waals surface area contributed by atoms with Gasteiger partial charge in [-0.15, -0.1) is 0 Å². The summed E-state index contributed by atoms with van der Waals surface area (Å²) < 4.78 is 5.06. The van der Waals surface area contributed by atoms with Crippen LogP contribution in [-0.2, 0) is 5.41 Å². The average Bonchev–Trinajstić information content (AvgIpc) is 2.99. The van der Waals surface area contributed by atoms with E-state index in [1.54, 1.807) is 13.0 Å². The minimum absolute atomic E-state index is 0.165. The Hall–Kier alpha value is -1.22. The summed E-state index contributed by atoms with van der Waals surface area (Å²) in [6, 6.07) is 5.42. The molecule has 1 fully saturated rings. The third-order valence-electron chi connectivity index (χ3n) is 3.34. The molecular weight excluding hydrogens is 192 g/mol. The molecule has 3 nitrogen and oxygen atoms in total. The molecule has 2 rings (SSSR count). The van der Waals surface area contributed by atoms with Gasteiger partial charge in [0.2, 0.25) is 0 Å². The number of phenolic OH excluding ortho intramolecular Hbond substituents is 1. The molecule has 0 aromatic heterocycles. The van der Waals surface area contributed by atoms with Crippen LogP contribution in [0.4, 0.5) is 0 Å². The molecule has 1 unspecified atom stereocenters. The molecule has 1 saturated carbocycles. The molecule has 1 atom stereocenters. The van der Waals surface area contributed by atoms with Gasteiger partial charge >= 0.3 is 0 Å². The van der Waals surface area contributed by atoms with Gasteiger partial charge in [0.15, 0.2) is 11.5 Å². The summed E-state index contributed by atoms with van der Waals surface area (Å²) in [5.74, 6) is 0.637. The zero-order chi connectivity index (χ0) is 11.1. The van der Waals surface area contributed by atoms with Gasteiger partial charge in [0.1, 0.15) is 0 Å². The molecule has 0 saturated heterocycles. The van der Waals surface area contributed by atoms with Gasteiger partial charge in [-0.25, -0.2) is 0 Å². The van der Waals surface area contributed by atoms with Crippen molar-refractivity contribution in [3.63, 3.8) is 0 Å². The SMILES string of the molecule is COc1cccc(C2(C(C)O)CC2)c1O. The van der Waals surface area contributed by atoms with Crippen LogP contribution < -0.4 is 4.74 Å². The molecule has 15 heavy (non-hydrogen) atoms. The summed E-state index contributed by atoms with van der Waals surface area (Å²) in [4.78, 5) is 0. The highest BCUT2D eigenvalue weighted by Gasteiger charge is 2.50. The number of aromatic hydroxyl groups is 1. The van der Waals surface area contributed by atoms with Crippen molar-refractivity contribution in [2.75, 3.05) is 7.11 Å². The van der Waals surface area contributed by atoms with E-state index >= 15 is 0 Å². The largest absolute Gasteiger partial charge is 0.504 e. The monoisotopic (exact) mass is 208 g/mol. The van der Waals surface area contributed by atoms with Crippen molar-refractivity contribution < 1.29 is 14.9 Å². The summed E-state index contributed by atoms with van der Waals surface area (Å²) >= 11 is 0. The first kappa shape index (κ1) is 10.3. The highest BCUT2D eigenvalue weighted by atomic mass is 16.5. The summed E-state index contributed by atoms with van der Waals surface area (Å²) in [5.41, 5.74) is 0.551. The number of aliphatic hydroxyl groups is 1. The molecule has 2 N–H and O–H groups in total. The second-order valence-electron chi connectivity index (χ2n) is 4.19. The van der Waals surface area contributed by atoms with Crippen LogP contribution in [0.25, 0.3) is 0 Å². The maximum atomic E-state index is 9.98. The van der Waals surface area contributed by atoms with Crippen LogP contribution in [0.1, 0.15) is 25.3 Å². The van der Waals surface area contributed by atoms with E-state index in [4.69, 9.17) is 4.74 Å². The number of methoxy groups -OCH3 is 1. The van der Waals surface area contributed by atoms with Crippen LogP contribution in [0.3, 0.4) is 0 Å². The lowest BCUT2D eigenvalue weighted by Gasteiger charge is -2.21. The molecule has 3 heteroatoms. The highest BCUT2D eigenvalue weighted by molar-refractivity contribution is 5.51. The van der Waals surface area contributed by atoms with E-state index in [9.17, 15) is 10.2 Å². The number of para-hydroxylation sites is 1. The Labute approximate surface area is 89.3 Å².